The number of carbonyl (C=O) groups excluding carboxylic acids is 1. The van der Waals surface area contributed by atoms with Crippen molar-refractivity contribution in [3.63, 3.8) is 0 Å². The number of aryl methyl sites for hydroxylation is 1. The second kappa shape index (κ2) is 7.15. The molecule has 0 saturated heterocycles. The van der Waals surface area contributed by atoms with E-state index in [2.05, 4.69) is 10.3 Å². The smallest absolute Gasteiger partial charge is 0.275 e. The zero-order chi connectivity index (χ0) is 19.7. The molecule has 0 radical (unpaired) electrons. The van der Waals surface area contributed by atoms with Crippen molar-refractivity contribution in [3.8, 4) is 5.88 Å². The summed E-state index contributed by atoms with van der Waals surface area (Å²) >= 11 is 0. The van der Waals surface area contributed by atoms with E-state index in [0.29, 0.717) is 28.2 Å². The number of aromatic nitrogens is 3. The van der Waals surface area contributed by atoms with E-state index < -0.39 is 5.82 Å². The zero-order valence-corrected chi connectivity index (χ0v) is 15.1. The van der Waals surface area contributed by atoms with Gasteiger partial charge in [-0.1, -0.05) is 6.07 Å². The van der Waals surface area contributed by atoms with Crippen LogP contribution in [0.15, 0.2) is 59.5 Å². The lowest BCUT2D eigenvalue weighted by Gasteiger charge is -2.13. The molecule has 1 aromatic carbocycles. The highest BCUT2D eigenvalue weighted by Crippen LogP contribution is 2.17. The number of halogens is 1. The van der Waals surface area contributed by atoms with E-state index in [1.54, 1.807) is 47.0 Å². The Morgan fingerprint density at radius 3 is 2.82 bits per heavy atom. The molecule has 4 aromatic rings. The molecule has 0 spiro atoms. The molecule has 0 aliphatic carbocycles. The van der Waals surface area contributed by atoms with E-state index in [-0.39, 0.29) is 24.4 Å². The number of methoxy groups -OCH3 is 1. The third-order valence-corrected chi connectivity index (χ3v) is 4.46. The Bertz CT molecular complexity index is 1250. The predicted octanol–water partition coefficient (Wildman–Crippen LogP) is 2.83. The van der Waals surface area contributed by atoms with Gasteiger partial charge in [0.25, 0.3) is 5.56 Å². The molecule has 0 atom stereocenters. The third-order valence-electron chi connectivity index (χ3n) is 4.46. The van der Waals surface area contributed by atoms with E-state index in [4.69, 9.17) is 4.74 Å². The number of ether oxygens (including phenoxy) is 1. The van der Waals surface area contributed by atoms with Crippen molar-refractivity contribution >= 4 is 28.3 Å². The number of benzene rings is 1. The fourth-order valence-corrected chi connectivity index (χ4v) is 3.17. The molecule has 1 amide bonds. The molecule has 7 nitrogen and oxygen atoms in total. The molecule has 142 valence electrons. The second-order valence-corrected chi connectivity index (χ2v) is 6.22. The lowest BCUT2D eigenvalue weighted by molar-refractivity contribution is -0.116. The topological polar surface area (TPSA) is 77.6 Å². The summed E-state index contributed by atoms with van der Waals surface area (Å²) in [7, 11) is 1.49. The van der Waals surface area contributed by atoms with Gasteiger partial charge in [0, 0.05) is 25.2 Å². The molecule has 0 aliphatic rings. The highest BCUT2D eigenvalue weighted by molar-refractivity contribution is 5.90. The maximum atomic E-state index is 13.8. The zero-order valence-electron chi connectivity index (χ0n) is 15.1. The molecule has 3 heterocycles. The number of amides is 1. The molecule has 4 rings (SSSR count). The Morgan fingerprint density at radius 2 is 2.00 bits per heavy atom. The van der Waals surface area contributed by atoms with E-state index in [9.17, 15) is 14.0 Å². The summed E-state index contributed by atoms with van der Waals surface area (Å²) < 4.78 is 22.0. The van der Waals surface area contributed by atoms with Gasteiger partial charge in [-0.25, -0.2) is 4.39 Å². The molecule has 0 saturated carbocycles. The summed E-state index contributed by atoms with van der Waals surface area (Å²) in [6.45, 7) is 0.107. The average molecular weight is 380 g/mol. The summed E-state index contributed by atoms with van der Waals surface area (Å²) in [5, 5.41) is 2.67. The van der Waals surface area contributed by atoms with Gasteiger partial charge >= 0.3 is 0 Å². The van der Waals surface area contributed by atoms with E-state index >= 15 is 0 Å². The molecule has 1 N–H and O–H groups in total. The van der Waals surface area contributed by atoms with Gasteiger partial charge in [-0.15, -0.1) is 0 Å². The Balaban J connectivity index is 1.63. The van der Waals surface area contributed by atoms with Crippen LogP contribution in [0.4, 0.5) is 10.2 Å². The monoisotopic (exact) mass is 380 g/mol. The summed E-state index contributed by atoms with van der Waals surface area (Å²) in [4.78, 5) is 29.3. The van der Waals surface area contributed by atoms with E-state index in [1.807, 2.05) is 0 Å². The third kappa shape index (κ3) is 3.20. The van der Waals surface area contributed by atoms with Gasteiger partial charge in [0.2, 0.25) is 11.8 Å². The number of hydrogen-bond donors (Lipinski definition) is 1. The molecule has 28 heavy (non-hydrogen) atoms. The number of fused-ring (bicyclic) bond motifs is 3. The molecule has 3 aromatic heterocycles. The second-order valence-electron chi connectivity index (χ2n) is 6.22. The largest absolute Gasteiger partial charge is 0.481 e. The minimum absolute atomic E-state index is 0.0291. The molecular weight excluding hydrogens is 363 g/mol. The van der Waals surface area contributed by atoms with Crippen LogP contribution < -0.4 is 15.6 Å². The summed E-state index contributed by atoms with van der Waals surface area (Å²) in [5.74, 6) is -0.0199. The van der Waals surface area contributed by atoms with E-state index in [0.717, 1.165) is 0 Å². The van der Waals surface area contributed by atoms with E-state index in [1.165, 1.54) is 23.8 Å². The van der Waals surface area contributed by atoms with Gasteiger partial charge in [-0.3, -0.25) is 9.59 Å². The van der Waals surface area contributed by atoms with Crippen LogP contribution in [-0.2, 0) is 11.3 Å². The normalized spacial score (nSPS) is 11.1. The fourth-order valence-electron chi connectivity index (χ4n) is 3.17. The van der Waals surface area contributed by atoms with Gasteiger partial charge in [0.1, 0.15) is 17.2 Å². The number of pyridine rings is 1. The van der Waals surface area contributed by atoms with Crippen molar-refractivity contribution in [2.24, 2.45) is 0 Å². The van der Waals surface area contributed by atoms with Crippen molar-refractivity contribution in [3.05, 3.63) is 70.9 Å². The van der Waals surface area contributed by atoms with Crippen LogP contribution in [0.25, 0.3) is 16.6 Å². The summed E-state index contributed by atoms with van der Waals surface area (Å²) in [6, 6.07) is 12.7. The lowest BCUT2D eigenvalue weighted by atomic mass is 10.2. The number of nitrogens with zero attached hydrogens (tertiary/aromatic N) is 3. The van der Waals surface area contributed by atoms with Crippen molar-refractivity contribution < 1.29 is 13.9 Å². The molecule has 0 aliphatic heterocycles. The number of rotatable bonds is 5. The van der Waals surface area contributed by atoms with Gasteiger partial charge in [-0.2, -0.15) is 4.98 Å². The van der Waals surface area contributed by atoms with Crippen LogP contribution in [0.3, 0.4) is 0 Å². The highest BCUT2D eigenvalue weighted by atomic mass is 19.1. The first-order valence-corrected chi connectivity index (χ1v) is 8.67. The highest BCUT2D eigenvalue weighted by Gasteiger charge is 2.13. The number of anilines is 1. The Hall–Kier alpha value is -3.68. The van der Waals surface area contributed by atoms with Crippen molar-refractivity contribution in [2.75, 3.05) is 12.4 Å². The van der Waals surface area contributed by atoms with Crippen LogP contribution in [0, 0.1) is 5.82 Å². The van der Waals surface area contributed by atoms with Crippen LogP contribution in [0.2, 0.25) is 0 Å². The Morgan fingerprint density at radius 1 is 1.14 bits per heavy atom. The predicted molar refractivity (Wildman–Crippen MR) is 103 cm³/mol. The molecular formula is C20H17FN4O3. The minimum atomic E-state index is -0.447. The minimum Gasteiger partial charge on any atom is -0.481 e. The van der Waals surface area contributed by atoms with Gasteiger partial charge < -0.3 is 19.0 Å². The van der Waals surface area contributed by atoms with Gasteiger partial charge in [-0.05, 0) is 36.4 Å². The molecule has 8 heteroatoms. The van der Waals surface area contributed by atoms with Crippen molar-refractivity contribution in [1.82, 2.24) is 14.0 Å². The fraction of sp³-hybridized carbons (Fsp3) is 0.150. The molecule has 0 unspecified atom stereocenters. The van der Waals surface area contributed by atoms with Crippen LogP contribution in [-0.4, -0.2) is 27.0 Å². The van der Waals surface area contributed by atoms with Crippen LogP contribution in [0.5, 0.6) is 5.88 Å². The van der Waals surface area contributed by atoms with Crippen molar-refractivity contribution in [2.45, 2.75) is 13.0 Å². The quantitative estimate of drug-likeness (QED) is 0.578. The standard InChI is InChI=1S/C20H17FN4O3/c1-28-19-6-2-5-17(23-19)22-18(26)9-11-25-16-12-13(21)7-8-14(16)24-10-3-4-15(24)20(25)27/h2-8,10,12H,9,11H2,1H3,(H,22,23,26). The summed E-state index contributed by atoms with van der Waals surface area (Å²) in [6.07, 6.45) is 1.78. The molecule has 0 fully saturated rings. The number of hydrogen-bond acceptors (Lipinski definition) is 4. The maximum Gasteiger partial charge on any atom is 0.275 e. The first-order chi connectivity index (χ1) is 13.6. The van der Waals surface area contributed by atoms with Gasteiger partial charge in [0.15, 0.2) is 0 Å². The Kier molecular flexibility index (Phi) is 4.52. The summed E-state index contributed by atoms with van der Waals surface area (Å²) in [5.41, 5.74) is 1.31. The number of nitrogens with one attached hydrogen (secondary N) is 1. The van der Waals surface area contributed by atoms with Crippen LogP contribution in [0.1, 0.15) is 6.42 Å². The first kappa shape index (κ1) is 17.7. The maximum absolute atomic E-state index is 13.8. The van der Waals surface area contributed by atoms with Crippen molar-refractivity contribution in [1.29, 1.82) is 0 Å². The first-order valence-electron chi connectivity index (χ1n) is 8.67. The Labute approximate surface area is 159 Å². The average Bonchev–Trinajstić information content (AvgIpc) is 3.18. The lowest BCUT2D eigenvalue weighted by Crippen LogP contribution is -2.25. The number of carbonyl (C=O) groups is 1. The van der Waals surface area contributed by atoms with Crippen LogP contribution >= 0.6 is 0 Å². The van der Waals surface area contributed by atoms with Gasteiger partial charge in [0.05, 0.1) is 18.1 Å². The molecule has 0 bridgehead atoms. The SMILES string of the molecule is COc1cccc(NC(=O)CCn2c(=O)c3cccn3c3ccc(F)cc32)n1.